The smallest absolute Gasteiger partial charge is 0.416 e. The molecule has 1 aromatic heterocycles. The minimum atomic E-state index is -4.26. The number of hydrogen-bond acceptors (Lipinski definition) is 2. The zero-order valence-electron chi connectivity index (χ0n) is 6.51. The average molecular weight is 258 g/mol. The van der Waals surface area contributed by atoms with Gasteiger partial charge in [-0.05, 0) is 12.1 Å². The van der Waals surface area contributed by atoms with Crippen LogP contribution in [0.5, 0.6) is 0 Å². The zero-order chi connectivity index (χ0) is 9.47. The summed E-state index contributed by atoms with van der Waals surface area (Å²) in [5.74, 6) is 0. The molecular formula is C7H3ClF3NS2. The quantitative estimate of drug-likeness (QED) is 0.499. The number of alkyl halides is 3. The zero-order valence-corrected chi connectivity index (χ0v) is 8.90. The maximum Gasteiger partial charge on any atom is 0.416 e. The van der Waals surface area contributed by atoms with Crippen LogP contribution in [0, 0.1) is 0 Å². The molecule has 1 aromatic carbocycles. The summed E-state index contributed by atoms with van der Waals surface area (Å²) >= 11 is 0. The van der Waals surface area contributed by atoms with E-state index in [-0.39, 0.29) is 12.4 Å². The minimum Gasteiger partial charge on any atom is -1.00 e. The second kappa shape index (κ2) is 3.96. The number of halogens is 4. The molecule has 0 fully saturated rings. The molecular weight excluding hydrogens is 255 g/mol. The summed E-state index contributed by atoms with van der Waals surface area (Å²) in [7, 11) is 2.44. The van der Waals surface area contributed by atoms with Crippen LogP contribution in [0.3, 0.4) is 0 Å². The molecule has 0 aliphatic heterocycles. The van der Waals surface area contributed by atoms with Gasteiger partial charge in [0.25, 0.3) is 15.2 Å². The van der Waals surface area contributed by atoms with E-state index in [1.807, 2.05) is 0 Å². The largest absolute Gasteiger partial charge is 1.00 e. The Morgan fingerprint density at radius 1 is 1.29 bits per heavy atom. The summed E-state index contributed by atoms with van der Waals surface area (Å²) < 4.78 is 41.1. The van der Waals surface area contributed by atoms with Crippen molar-refractivity contribution in [2.75, 3.05) is 0 Å². The third kappa shape index (κ3) is 2.13. The van der Waals surface area contributed by atoms with Crippen LogP contribution in [0.15, 0.2) is 18.2 Å². The Bertz CT molecular complexity index is 440. The standard InChI is InChI=1S/C7H3F3NS2.ClH/c8-7(9,10)4-1-2-5-6(3-4)12-13-11-5;/h1-3H;1H/q+1;/p-1. The molecule has 0 unspecified atom stereocenters. The van der Waals surface area contributed by atoms with Crippen molar-refractivity contribution in [2.45, 2.75) is 6.18 Å². The summed E-state index contributed by atoms with van der Waals surface area (Å²) in [6.07, 6.45) is -4.26. The lowest BCUT2D eigenvalue weighted by molar-refractivity contribution is -0.137. The van der Waals surface area contributed by atoms with E-state index in [0.29, 0.717) is 10.2 Å². The molecule has 0 atom stereocenters. The molecule has 1 nitrogen and oxygen atoms in total. The molecule has 0 bridgehead atoms. The fourth-order valence-corrected chi connectivity index (χ4v) is 2.71. The Hall–Kier alpha value is -0.460. The first kappa shape index (κ1) is 11.6. The molecule has 0 N–H and O–H groups in total. The van der Waals surface area contributed by atoms with Gasteiger partial charge in [-0.1, -0.05) is 0 Å². The molecule has 7 heteroatoms. The van der Waals surface area contributed by atoms with Gasteiger partial charge in [0.2, 0.25) is 0 Å². The van der Waals surface area contributed by atoms with Crippen molar-refractivity contribution in [3.05, 3.63) is 23.8 Å². The van der Waals surface area contributed by atoms with Crippen molar-refractivity contribution < 1.29 is 25.6 Å². The van der Waals surface area contributed by atoms with Gasteiger partial charge >= 0.3 is 16.5 Å². The first-order chi connectivity index (χ1) is 6.07. The lowest BCUT2D eigenvalue weighted by atomic mass is 10.2. The molecule has 0 saturated carbocycles. The van der Waals surface area contributed by atoms with Crippen molar-refractivity contribution in [3.63, 3.8) is 0 Å². The third-order valence-corrected chi connectivity index (χ3v) is 3.39. The molecule has 0 aliphatic carbocycles. The second-order valence-corrected chi connectivity index (χ2v) is 4.31. The highest BCUT2D eigenvalue weighted by atomic mass is 35.5. The SMILES string of the molecule is FC(F)(F)c1ccc2ns[s+]c2c1.[Cl-]. The van der Waals surface area contributed by atoms with Gasteiger partial charge in [-0.3, -0.25) is 0 Å². The van der Waals surface area contributed by atoms with Crippen molar-refractivity contribution in [3.8, 4) is 0 Å². The van der Waals surface area contributed by atoms with E-state index in [1.54, 1.807) is 0 Å². The first-order valence-corrected chi connectivity index (χ1v) is 5.44. The third-order valence-electron chi connectivity index (χ3n) is 1.55. The summed E-state index contributed by atoms with van der Waals surface area (Å²) in [5.41, 5.74) is 0.0134. The van der Waals surface area contributed by atoms with Crippen molar-refractivity contribution in [1.29, 1.82) is 0 Å². The van der Waals surface area contributed by atoms with Crippen LogP contribution in [-0.4, -0.2) is 4.37 Å². The number of nitrogens with zero attached hydrogens (tertiary/aromatic N) is 1. The van der Waals surface area contributed by atoms with E-state index in [0.717, 1.165) is 12.1 Å². The predicted molar refractivity (Wildman–Crippen MR) is 46.9 cm³/mol. The fourth-order valence-electron chi connectivity index (χ4n) is 0.932. The summed E-state index contributed by atoms with van der Waals surface area (Å²) in [6.45, 7) is 0. The van der Waals surface area contributed by atoms with E-state index in [1.165, 1.54) is 26.9 Å². The molecule has 0 amide bonds. The van der Waals surface area contributed by atoms with Crippen LogP contribution in [-0.2, 0) is 6.18 Å². The van der Waals surface area contributed by atoms with Crippen molar-refractivity contribution >= 4 is 31.1 Å². The summed E-state index contributed by atoms with van der Waals surface area (Å²) in [4.78, 5) is 0. The van der Waals surface area contributed by atoms with Crippen LogP contribution in [0.4, 0.5) is 13.2 Å². The number of rotatable bonds is 0. The van der Waals surface area contributed by atoms with E-state index >= 15 is 0 Å². The Balaban J connectivity index is 0.000000980. The number of aromatic nitrogens is 1. The lowest BCUT2D eigenvalue weighted by Gasteiger charge is -2.03. The molecule has 2 rings (SSSR count). The van der Waals surface area contributed by atoms with E-state index in [2.05, 4.69) is 4.37 Å². The average Bonchev–Trinajstić information content (AvgIpc) is 2.47. The normalized spacial score (nSPS) is 11.4. The molecule has 0 aliphatic rings. The molecule has 0 spiro atoms. The molecule has 2 aromatic rings. The van der Waals surface area contributed by atoms with Gasteiger partial charge in [-0.15, -0.1) is 4.37 Å². The number of fused-ring (bicyclic) bond motifs is 1. The van der Waals surface area contributed by atoms with E-state index in [9.17, 15) is 13.2 Å². The molecule has 1 heterocycles. The van der Waals surface area contributed by atoms with Crippen molar-refractivity contribution in [2.24, 2.45) is 0 Å². The lowest BCUT2D eigenvalue weighted by Crippen LogP contribution is -3.00. The summed E-state index contributed by atoms with van der Waals surface area (Å²) in [5, 5.41) is 0. The van der Waals surface area contributed by atoms with Crippen molar-refractivity contribution in [1.82, 2.24) is 4.37 Å². The van der Waals surface area contributed by atoms with Crippen LogP contribution in [0.2, 0.25) is 0 Å². The highest BCUT2D eigenvalue weighted by molar-refractivity contribution is 7.69. The topological polar surface area (TPSA) is 12.9 Å². The predicted octanol–water partition coefficient (Wildman–Crippen LogP) is 0.662. The minimum absolute atomic E-state index is 0. The molecule has 0 saturated heterocycles. The summed E-state index contributed by atoms with van der Waals surface area (Å²) in [6, 6.07) is 3.57. The highest BCUT2D eigenvalue weighted by Crippen LogP contribution is 2.32. The van der Waals surface area contributed by atoms with Crippen LogP contribution in [0.25, 0.3) is 10.2 Å². The van der Waals surface area contributed by atoms with Gasteiger partial charge in [0, 0.05) is 6.07 Å². The van der Waals surface area contributed by atoms with Crippen LogP contribution >= 0.6 is 20.9 Å². The van der Waals surface area contributed by atoms with Gasteiger partial charge in [0.15, 0.2) is 0 Å². The number of benzene rings is 1. The molecule has 0 radical (unpaired) electrons. The Morgan fingerprint density at radius 2 is 2.00 bits per heavy atom. The maximum absolute atomic E-state index is 12.2. The number of hydrogen-bond donors (Lipinski definition) is 0. The van der Waals surface area contributed by atoms with Gasteiger partial charge in [0.1, 0.15) is 5.52 Å². The first-order valence-electron chi connectivity index (χ1n) is 3.33. The fraction of sp³-hybridized carbons (Fsp3) is 0.143. The Labute approximate surface area is 91.2 Å². The Kier molecular flexibility index (Phi) is 3.28. The molecule has 76 valence electrons. The highest BCUT2D eigenvalue weighted by Gasteiger charge is 2.31. The van der Waals surface area contributed by atoms with Gasteiger partial charge in [-0.2, -0.15) is 13.2 Å². The molecule has 14 heavy (non-hydrogen) atoms. The van der Waals surface area contributed by atoms with Gasteiger partial charge < -0.3 is 12.4 Å². The Morgan fingerprint density at radius 3 is 2.64 bits per heavy atom. The van der Waals surface area contributed by atoms with Gasteiger partial charge in [-0.25, -0.2) is 0 Å². The van der Waals surface area contributed by atoms with Crippen LogP contribution in [0.1, 0.15) is 5.56 Å². The van der Waals surface area contributed by atoms with Gasteiger partial charge in [0.05, 0.1) is 5.56 Å². The van der Waals surface area contributed by atoms with Crippen LogP contribution < -0.4 is 12.4 Å². The van der Waals surface area contributed by atoms with E-state index in [4.69, 9.17) is 0 Å². The maximum atomic E-state index is 12.2. The van der Waals surface area contributed by atoms with E-state index < -0.39 is 11.7 Å². The second-order valence-electron chi connectivity index (χ2n) is 2.43. The monoisotopic (exact) mass is 257 g/mol.